The molecule has 160 valence electrons. The Labute approximate surface area is 177 Å². The van der Waals surface area contributed by atoms with Gasteiger partial charge in [-0.15, -0.1) is 0 Å². The maximum Gasteiger partial charge on any atom is 0.352 e. The van der Waals surface area contributed by atoms with Crippen molar-refractivity contribution in [1.82, 2.24) is 4.57 Å². The fourth-order valence-electron chi connectivity index (χ4n) is 4.15. The Balaban J connectivity index is 1.88. The third kappa shape index (κ3) is 2.91. The summed E-state index contributed by atoms with van der Waals surface area (Å²) in [5, 5.41) is 10.4. The van der Waals surface area contributed by atoms with Crippen molar-refractivity contribution in [2.24, 2.45) is 9.98 Å². The molecule has 5 rings (SSSR count). The molecule has 10 heteroatoms. The largest absolute Gasteiger partial charge is 0.477 e. The molecule has 0 radical (unpaired) electrons. The molecule has 1 unspecified atom stereocenters. The number of hydrogen-bond acceptors (Lipinski definition) is 4. The number of carbonyl (C=O) groups excluding carboxylic acids is 2. The number of carboxylic acids is 1. The van der Waals surface area contributed by atoms with E-state index in [0.717, 1.165) is 12.3 Å². The lowest BCUT2D eigenvalue weighted by Crippen LogP contribution is -2.18. The number of aromatic carboxylic acids is 1. The predicted molar refractivity (Wildman–Crippen MR) is 110 cm³/mol. The lowest BCUT2D eigenvalue weighted by Gasteiger charge is -2.15. The zero-order valence-corrected chi connectivity index (χ0v) is 16.2. The summed E-state index contributed by atoms with van der Waals surface area (Å²) in [7, 11) is 0. The third-order valence-corrected chi connectivity index (χ3v) is 5.50. The second-order valence-electron chi connectivity index (χ2n) is 7.33. The van der Waals surface area contributed by atoms with Gasteiger partial charge in [-0.1, -0.05) is 6.08 Å². The Morgan fingerprint density at radius 1 is 1.28 bits per heavy atom. The van der Waals surface area contributed by atoms with Crippen LogP contribution in [0.2, 0.25) is 0 Å². The molecule has 32 heavy (non-hydrogen) atoms. The molecule has 1 atom stereocenters. The minimum atomic E-state index is -1.41. The quantitative estimate of drug-likeness (QED) is 0.669. The Morgan fingerprint density at radius 3 is 2.84 bits per heavy atom. The summed E-state index contributed by atoms with van der Waals surface area (Å²) in [4.78, 5) is 43.8. The zero-order valence-electron chi connectivity index (χ0n) is 16.2. The van der Waals surface area contributed by atoms with E-state index in [1.54, 1.807) is 0 Å². The van der Waals surface area contributed by atoms with Crippen LogP contribution in [0.4, 0.5) is 8.78 Å². The van der Waals surface area contributed by atoms with Gasteiger partial charge in [0.1, 0.15) is 22.9 Å². The molecule has 0 fully saturated rings. The molecule has 0 saturated heterocycles. The Kier molecular flexibility index (Phi) is 4.43. The fraction of sp³-hybridized carbons (Fsp3) is 0.136. The normalized spacial score (nSPS) is 18.5. The van der Waals surface area contributed by atoms with Crippen molar-refractivity contribution >= 4 is 52.1 Å². The van der Waals surface area contributed by atoms with Gasteiger partial charge in [0, 0.05) is 23.7 Å². The Morgan fingerprint density at radius 2 is 2.09 bits per heavy atom. The highest BCUT2D eigenvalue weighted by molar-refractivity contribution is 6.13. The topological polar surface area (TPSA) is 114 Å². The van der Waals surface area contributed by atoms with Crippen molar-refractivity contribution < 1.29 is 32.7 Å². The summed E-state index contributed by atoms with van der Waals surface area (Å²) in [6.07, 6.45) is 5.94. The van der Waals surface area contributed by atoms with E-state index in [0.29, 0.717) is 0 Å². The van der Waals surface area contributed by atoms with E-state index >= 15 is 0 Å². The molecule has 0 spiro atoms. The van der Waals surface area contributed by atoms with Gasteiger partial charge in [-0.25, -0.2) is 23.6 Å². The summed E-state index contributed by atoms with van der Waals surface area (Å²) >= 11 is 0. The number of carboxylic acid groups (broad SMARTS) is 1. The molecule has 0 aliphatic carbocycles. The average molecular weight is 437 g/mol. The van der Waals surface area contributed by atoms with E-state index in [-0.39, 0.29) is 51.7 Å². The van der Waals surface area contributed by atoms with Gasteiger partial charge in [0.2, 0.25) is 5.91 Å². The summed E-state index contributed by atoms with van der Waals surface area (Å²) < 4.78 is 35.9. The number of hydrogen-bond donors (Lipinski definition) is 1. The first-order valence-corrected chi connectivity index (χ1v) is 9.51. The van der Waals surface area contributed by atoms with E-state index in [9.17, 15) is 28.3 Å². The minimum Gasteiger partial charge on any atom is -0.477 e. The van der Waals surface area contributed by atoms with Crippen LogP contribution >= 0.6 is 0 Å². The highest BCUT2D eigenvalue weighted by Gasteiger charge is 2.34. The van der Waals surface area contributed by atoms with Crippen molar-refractivity contribution in [1.29, 1.82) is 0 Å². The van der Waals surface area contributed by atoms with Gasteiger partial charge in [0.05, 0.1) is 35.7 Å². The van der Waals surface area contributed by atoms with Crippen molar-refractivity contribution in [2.45, 2.75) is 18.9 Å². The number of allylic oxidation sites excluding steroid dienone is 2. The molecule has 1 aromatic carbocycles. The van der Waals surface area contributed by atoms with Crippen LogP contribution in [-0.2, 0) is 16.1 Å². The van der Waals surface area contributed by atoms with E-state index in [1.807, 2.05) is 0 Å². The number of fused-ring (bicyclic) bond motifs is 3. The second kappa shape index (κ2) is 7.19. The fourth-order valence-corrected chi connectivity index (χ4v) is 4.15. The first kappa shape index (κ1) is 19.7. The summed E-state index contributed by atoms with van der Waals surface area (Å²) in [5.41, 5.74) is -0.161. The van der Waals surface area contributed by atoms with Crippen molar-refractivity contribution in [2.75, 3.05) is 0 Å². The molecule has 4 heterocycles. The number of aromatic nitrogens is 1. The number of halogens is 2. The van der Waals surface area contributed by atoms with Crippen LogP contribution in [0.1, 0.15) is 28.4 Å². The molecule has 2 aliphatic heterocycles. The monoisotopic (exact) mass is 437 g/mol. The first-order chi connectivity index (χ1) is 15.4. The molecule has 1 N–H and O–H groups in total. The second-order valence-corrected chi connectivity index (χ2v) is 7.33. The van der Waals surface area contributed by atoms with Crippen molar-refractivity contribution in [3.05, 3.63) is 59.0 Å². The van der Waals surface area contributed by atoms with Crippen molar-refractivity contribution in [3.8, 4) is 0 Å². The number of amides is 2. The summed E-state index contributed by atoms with van der Waals surface area (Å²) in [6, 6.07) is 2.50. The minimum absolute atomic E-state index is 0.0144. The SMILES string of the molecule is O=C1CC(Cn2c(C(=O)O)c(C3C=CC=NC3=O)c3c4occc4c(F)cc32)=C(F)C=N1. The molecule has 0 bridgehead atoms. The van der Waals surface area contributed by atoms with Crippen LogP contribution in [0.15, 0.2) is 56.3 Å². The number of benzene rings is 1. The smallest absolute Gasteiger partial charge is 0.352 e. The van der Waals surface area contributed by atoms with Gasteiger partial charge in [-0.2, -0.15) is 0 Å². The van der Waals surface area contributed by atoms with Gasteiger partial charge in [0.25, 0.3) is 5.91 Å². The van der Waals surface area contributed by atoms with Crippen LogP contribution in [0.3, 0.4) is 0 Å². The zero-order chi connectivity index (χ0) is 22.6. The lowest BCUT2D eigenvalue weighted by molar-refractivity contribution is -0.118. The molecular weight excluding hydrogens is 424 g/mol. The standard InChI is InChI=1S/C22H13F2N3O5/c23-13-7-15-18(20-11(13)3-5-32-20)17(12-2-1-4-25-21(12)29)19(22(30)31)27(15)9-10-6-16(28)26-8-14(10)24/h1-5,7-8,12H,6,9H2,(H,30,31). The molecule has 2 aromatic heterocycles. The van der Waals surface area contributed by atoms with Gasteiger partial charge < -0.3 is 14.1 Å². The molecule has 2 amide bonds. The lowest BCUT2D eigenvalue weighted by atomic mass is 9.93. The molecular formula is C22H13F2N3O5. The predicted octanol–water partition coefficient (Wildman–Crippen LogP) is 3.70. The van der Waals surface area contributed by atoms with Gasteiger partial charge in [-0.3, -0.25) is 9.59 Å². The maximum absolute atomic E-state index is 14.8. The highest BCUT2D eigenvalue weighted by Crippen LogP contribution is 2.41. The number of rotatable bonds is 4. The van der Waals surface area contributed by atoms with Gasteiger partial charge in [0.15, 0.2) is 0 Å². The van der Waals surface area contributed by atoms with Crippen LogP contribution in [0, 0.1) is 5.82 Å². The van der Waals surface area contributed by atoms with Crippen LogP contribution in [-0.4, -0.2) is 39.9 Å². The first-order valence-electron chi connectivity index (χ1n) is 9.51. The van der Waals surface area contributed by atoms with E-state index in [4.69, 9.17) is 4.42 Å². The molecule has 8 nitrogen and oxygen atoms in total. The number of carbonyl (C=O) groups is 3. The average Bonchev–Trinajstić information content (AvgIpc) is 3.35. The molecule has 3 aromatic rings. The number of furan rings is 1. The number of nitrogens with zero attached hydrogens (tertiary/aromatic N) is 3. The summed E-state index contributed by atoms with van der Waals surface area (Å²) in [6.45, 7) is -0.360. The van der Waals surface area contributed by atoms with E-state index in [2.05, 4.69) is 9.98 Å². The Bertz CT molecular complexity index is 1470. The van der Waals surface area contributed by atoms with Crippen LogP contribution in [0.25, 0.3) is 21.9 Å². The van der Waals surface area contributed by atoms with Crippen LogP contribution < -0.4 is 0 Å². The van der Waals surface area contributed by atoms with Crippen molar-refractivity contribution in [3.63, 3.8) is 0 Å². The summed E-state index contributed by atoms with van der Waals surface area (Å²) in [5.74, 6) is -5.13. The Hall–Kier alpha value is -4.21. The van der Waals surface area contributed by atoms with E-state index in [1.165, 1.54) is 35.3 Å². The molecule has 0 saturated carbocycles. The van der Waals surface area contributed by atoms with Gasteiger partial charge >= 0.3 is 5.97 Å². The number of dihydropyridines is 2. The maximum atomic E-state index is 14.8. The highest BCUT2D eigenvalue weighted by atomic mass is 19.1. The molecule has 2 aliphatic rings. The third-order valence-electron chi connectivity index (χ3n) is 5.50. The van der Waals surface area contributed by atoms with Gasteiger partial charge in [-0.05, 0) is 23.8 Å². The van der Waals surface area contributed by atoms with Crippen LogP contribution in [0.5, 0.6) is 0 Å². The van der Waals surface area contributed by atoms with E-state index < -0.39 is 35.3 Å². The number of aliphatic imine (C=N–C) groups is 2.